The van der Waals surface area contributed by atoms with E-state index < -0.39 is 209 Å². The van der Waals surface area contributed by atoms with Gasteiger partial charge in [0.05, 0.1) is 23.9 Å². The highest BCUT2D eigenvalue weighted by Crippen LogP contribution is 2.27. The SMILES string of the molecule is CC[C@H](C)[C@H](NC(=O)[C@H](CCCNC(=N)N)NC(=O)[C@H](NC(=O)[C@H](Cc1ccccc1)NC(=O)[C@H](Cc1ccc(O)cc1)NC(=O)[C@H](CCCNC(=N)N)NC(C)=O)C(C)C)C(=O)N[C@@H](CCCN)C(=O)N[C@@H](Cc1ccc(O)cc1)C(=O)N[C@@H](CCCNC(=N)N)C(=O)N[C@H](Cc1c[nH]cn1)C(=O)N[C@@H](CO)C(=O)N[C@@H](CSC1CC(=O)N(CCCCCC(N)=O)C1=O)C(N)=O. The van der Waals surface area contributed by atoms with Crippen molar-refractivity contribution in [3.63, 3.8) is 0 Å². The first-order valence-electron chi connectivity index (χ1n) is 43.5. The third kappa shape index (κ3) is 38.9. The number of rotatable bonds is 60. The van der Waals surface area contributed by atoms with Crippen LogP contribution in [0.15, 0.2) is 91.4 Å². The number of hydrogen-bond acceptors (Lipinski definition) is 25. The van der Waals surface area contributed by atoms with Gasteiger partial charge in [0.15, 0.2) is 17.9 Å². The fourth-order valence-electron chi connectivity index (χ4n) is 13.8. The number of thioether (sulfide) groups is 1. The van der Waals surface area contributed by atoms with Gasteiger partial charge in [0, 0.05) is 83.6 Å². The van der Waals surface area contributed by atoms with E-state index in [1.165, 1.54) is 68.0 Å². The van der Waals surface area contributed by atoms with Gasteiger partial charge in [-0.1, -0.05) is 95.1 Å². The van der Waals surface area contributed by atoms with Crippen molar-refractivity contribution in [1.29, 1.82) is 16.2 Å². The number of amides is 16. The smallest absolute Gasteiger partial charge is 0.245 e. The predicted octanol–water partition coefficient (Wildman–Crippen LogP) is -5.46. The second-order valence-corrected chi connectivity index (χ2v) is 33.5. The van der Waals surface area contributed by atoms with Crippen LogP contribution >= 0.6 is 11.8 Å². The van der Waals surface area contributed by atoms with Gasteiger partial charge in [-0.2, -0.15) is 0 Å². The molecule has 724 valence electrons. The number of unbranched alkanes of at least 4 members (excludes halogenated alkanes) is 2. The number of aromatic nitrogens is 2. The number of nitrogens with zero attached hydrogens (tertiary/aromatic N) is 2. The summed E-state index contributed by atoms with van der Waals surface area (Å²) in [5.41, 5.74) is 35.1. The average Bonchev–Trinajstić information content (AvgIpc) is 1.61. The summed E-state index contributed by atoms with van der Waals surface area (Å²) < 4.78 is 0. The first-order chi connectivity index (χ1) is 62.7. The molecule has 1 saturated heterocycles. The summed E-state index contributed by atoms with van der Waals surface area (Å²) in [4.78, 5) is 233. The van der Waals surface area contributed by atoms with Crippen LogP contribution < -0.4 is 114 Å². The fourth-order valence-corrected chi connectivity index (χ4v) is 15.0. The number of nitrogens with one attached hydrogen (secondary N) is 19. The highest BCUT2D eigenvalue weighted by Gasteiger charge is 2.42. The zero-order valence-corrected chi connectivity index (χ0v) is 75.5. The van der Waals surface area contributed by atoms with Crippen LogP contribution in [0.4, 0.5) is 0 Å². The summed E-state index contributed by atoms with van der Waals surface area (Å²) in [5.74, 6) is -17.1. The van der Waals surface area contributed by atoms with Gasteiger partial charge in [-0.3, -0.25) is 97.8 Å². The first-order valence-corrected chi connectivity index (χ1v) is 44.5. The van der Waals surface area contributed by atoms with E-state index in [2.05, 4.69) is 89.7 Å². The molecule has 1 aliphatic heterocycles. The number of primary amides is 2. The van der Waals surface area contributed by atoms with E-state index in [-0.39, 0.29) is 152 Å². The maximum atomic E-state index is 15.1. The molecule has 16 amide bonds. The Kier molecular flexibility index (Phi) is 46.7. The molecule has 34 N–H and O–H groups in total. The molecular weight excluding hydrogens is 1740 g/mol. The second-order valence-electron chi connectivity index (χ2n) is 32.3. The van der Waals surface area contributed by atoms with Crippen molar-refractivity contribution in [3.8, 4) is 11.5 Å². The van der Waals surface area contributed by atoms with Gasteiger partial charge in [0.25, 0.3) is 0 Å². The maximum absolute atomic E-state index is 15.1. The first kappa shape index (κ1) is 109. The fraction of sp³-hybridized carbons (Fsp3) is 0.529. The molecule has 4 aromatic rings. The lowest BCUT2D eigenvalue weighted by molar-refractivity contribution is -0.138. The van der Waals surface area contributed by atoms with Crippen molar-refractivity contribution in [3.05, 3.63) is 114 Å². The van der Waals surface area contributed by atoms with E-state index in [1.54, 1.807) is 58.0 Å². The number of nitrogens with two attached hydrogens (primary N) is 6. The predicted molar refractivity (Wildman–Crippen MR) is 486 cm³/mol. The number of likely N-dealkylation sites (tertiary alicyclic amines) is 1. The van der Waals surface area contributed by atoms with E-state index in [4.69, 9.17) is 50.6 Å². The minimum Gasteiger partial charge on any atom is -0.508 e. The number of carbonyl (C=O) groups is 16. The van der Waals surface area contributed by atoms with Crippen LogP contribution in [0.2, 0.25) is 0 Å². The van der Waals surface area contributed by atoms with Crippen LogP contribution in [0.1, 0.15) is 147 Å². The normalized spacial score (nSPS) is 15.2. The number of imide groups is 1. The third-order valence-electron chi connectivity index (χ3n) is 21.3. The number of carbonyl (C=O) groups excluding carboxylic acids is 16. The quantitative estimate of drug-likeness (QED) is 0.00849. The van der Waals surface area contributed by atoms with Crippen molar-refractivity contribution >= 4 is 124 Å². The molecule has 1 fully saturated rings. The zero-order chi connectivity index (χ0) is 97.7. The van der Waals surface area contributed by atoms with Crippen LogP contribution in [-0.2, 0) is 102 Å². The molecule has 0 saturated carbocycles. The minimum absolute atomic E-state index is 0.00466. The molecule has 47 heteroatoms. The van der Waals surface area contributed by atoms with Crippen LogP contribution in [-0.4, -0.2) is 265 Å². The Hall–Kier alpha value is -13.7. The topological polar surface area (TPSA) is 774 Å². The number of guanidine groups is 3. The van der Waals surface area contributed by atoms with Gasteiger partial charge in [0.2, 0.25) is 94.5 Å². The Morgan fingerprint density at radius 2 is 0.864 bits per heavy atom. The number of aliphatic hydroxyl groups excluding tert-OH is 1. The molecule has 132 heavy (non-hydrogen) atoms. The summed E-state index contributed by atoms with van der Waals surface area (Å²) >= 11 is 0.860. The number of H-pyrrole nitrogens is 1. The third-order valence-corrected chi connectivity index (χ3v) is 22.6. The number of aromatic amines is 1. The molecule has 2 heterocycles. The lowest BCUT2D eigenvalue weighted by atomic mass is 9.96. The molecule has 1 unspecified atom stereocenters. The van der Waals surface area contributed by atoms with Crippen LogP contribution in [0.5, 0.6) is 11.5 Å². The Morgan fingerprint density at radius 3 is 1.28 bits per heavy atom. The lowest BCUT2D eigenvalue weighted by Crippen LogP contribution is -2.62. The molecule has 1 aromatic heterocycles. The van der Waals surface area contributed by atoms with Gasteiger partial charge >= 0.3 is 0 Å². The monoisotopic (exact) mass is 1860 g/mol. The standard InChI is InChI=1S/C85H129N27O19S/c1-6-47(4)69(111-74(123)58(22-16-35-98-85(93)94)102-80(129)68(46(2)3)110-78(127)61(37-49-17-9-7-10-18-49)106-76(125)60(39-51-26-30-54(116)31-27-51)104-71(120)55(100-48(5)114)20-14-33-96-83(89)90)81(130)103-56(19-13-32-86)72(121)105-59(38-50-24-28-53(115)29-25-50)75(124)101-57(21-15-34-97-84(91)92)73(122)107-62(40-52-42-95-45-99-52)77(126)108-63(43-113)79(128)109-64(70(88)119)44-132-65-41-67(118)112(82(65)131)36-12-8-11-23-66(87)117/h7,9-10,17-18,24-31,42,45-47,55-65,68-69,113,115-116H,6,8,11-16,19-23,32-41,43-44,86H2,1-5H3,(H2,87,117)(H2,88,119)(H,95,99)(H,100,114)(H,101,124)(H,102,129)(H,103,130)(H,104,120)(H,105,121)(H,106,125)(H,107,122)(H,108,126)(H,109,128)(H,110,127)(H,111,123)(H4,89,90,96)(H4,91,92,97)(H4,93,94,98)/t47-,55-,56-,57-,58-,59-,60-,61-,62+,63-,64-,65?,68+,69-/m0/s1. The molecule has 0 spiro atoms. The lowest BCUT2D eigenvalue weighted by Gasteiger charge is -2.30. The largest absolute Gasteiger partial charge is 0.508 e. The molecule has 1 aliphatic rings. The number of aliphatic hydroxyl groups is 1. The average molecular weight is 1870 g/mol. The van der Waals surface area contributed by atoms with Crippen LogP contribution in [0.25, 0.3) is 0 Å². The summed E-state index contributed by atoms with van der Waals surface area (Å²) in [7, 11) is 0. The Morgan fingerprint density at radius 1 is 0.477 bits per heavy atom. The number of aromatic hydroxyl groups is 2. The van der Waals surface area contributed by atoms with E-state index in [0.29, 0.717) is 36.0 Å². The van der Waals surface area contributed by atoms with Gasteiger partial charge in [0.1, 0.15) is 84.0 Å². The van der Waals surface area contributed by atoms with Crippen molar-refractivity contribution in [1.82, 2.24) is 94.6 Å². The van der Waals surface area contributed by atoms with Gasteiger partial charge in [-0.25, -0.2) is 4.98 Å². The number of hydrogen-bond donors (Lipinski definition) is 28. The summed E-state index contributed by atoms with van der Waals surface area (Å²) in [6, 6.07) is 1.27. The van der Waals surface area contributed by atoms with Crippen LogP contribution in [0.3, 0.4) is 0 Å². The molecular formula is C85H129N27O19S. The Bertz CT molecular complexity index is 4560. The van der Waals surface area contributed by atoms with Gasteiger partial charge in [-0.05, 0) is 124 Å². The van der Waals surface area contributed by atoms with Crippen molar-refractivity contribution in [2.24, 2.45) is 46.2 Å². The number of imidazole rings is 1. The summed E-state index contributed by atoms with van der Waals surface area (Å²) in [6.45, 7) is 6.79. The summed E-state index contributed by atoms with van der Waals surface area (Å²) in [5, 5.41) is 92.6. The summed E-state index contributed by atoms with van der Waals surface area (Å²) in [6.07, 6.45) is 2.77. The van der Waals surface area contributed by atoms with Gasteiger partial charge < -0.3 is 134 Å². The molecule has 0 aliphatic carbocycles. The highest BCUT2D eigenvalue weighted by molar-refractivity contribution is 8.00. The number of phenolic OH excluding ortho intramolecular Hbond substituents is 2. The second kappa shape index (κ2) is 56.7. The van der Waals surface area contributed by atoms with E-state index in [1.807, 2.05) is 0 Å². The highest BCUT2D eigenvalue weighted by atomic mass is 32.2. The molecule has 14 atom stereocenters. The molecule has 0 radical (unpaired) electrons. The van der Waals surface area contributed by atoms with Crippen molar-refractivity contribution < 1.29 is 92.0 Å². The maximum Gasteiger partial charge on any atom is 0.245 e. The van der Waals surface area contributed by atoms with Gasteiger partial charge in [-0.15, -0.1) is 11.8 Å². The van der Waals surface area contributed by atoms with Crippen molar-refractivity contribution in [2.45, 2.75) is 228 Å². The Balaban J connectivity index is 1.41. The molecule has 3 aromatic carbocycles. The van der Waals surface area contributed by atoms with Crippen LogP contribution in [0, 0.1) is 28.1 Å². The molecule has 0 bridgehead atoms. The van der Waals surface area contributed by atoms with E-state index in [0.717, 1.165) is 16.7 Å². The minimum atomic E-state index is -1.84. The molecule has 46 nitrogen and oxygen atoms in total. The zero-order valence-electron chi connectivity index (χ0n) is 74.6. The number of phenols is 2. The van der Waals surface area contributed by atoms with E-state index >= 15 is 19.2 Å². The molecule has 5 rings (SSSR count). The van der Waals surface area contributed by atoms with E-state index in [9.17, 15) is 72.9 Å². The Labute approximate surface area is 768 Å². The van der Waals surface area contributed by atoms with Crippen molar-refractivity contribution in [2.75, 3.05) is 45.1 Å². The number of benzene rings is 3.